The first-order valence-electron chi connectivity index (χ1n) is 10.5. The van der Waals surface area contributed by atoms with Crippen LogP contribution in [0.5, 0.6) is 0 Å². The van der Waals surface area contributed by atoms with E-state index in [1.54, 1.807) is 4.90 Å². The lowest BCUT2D eigenvalue weighted by Crippen LogP contribution is -2.50. The van der Waals surface area contributed by atoms with Crippen LogP contribution >= 0.6 is 0 Å². The van der Waals surface area contributed by atoms with Gasteiger partial charge >= 0.3 is 12.1 Å². The highest BCUT2D eigenvalue weighted by Crippen LogP contribution is 2.41. The number of rotatable bonds is 5. The Morgan fingerprint density at radius 3 is 2.03 bits per heavy atom. The molecule has 6 heteroatoms. The van der Waals surface area contributed by atoms with Gasteiger partial charge in [0.25, 0.3) is 0 Å². The van der Waals surface area contributed by atoms with E-state index in [-0.39, 0.29) is 13.2 Å². The van der Waals surface area contributed by atoms with Gasteiger partial charge in [0.05, 0.1) is 12.6 Å². The highest BCUT2D eigenvalue weighted by molar-refractivity contribution is 5.69. The Kier molecular flexibility index (Phi) is 6.82. The molecule has 0 saturated carbocycles. The van der Waals surface area contributed by atoms with Gasteiger partial charge in [0.2, 0.25) is 6.29 Å². The summed E-state index contributed by atoms with van der Waals surface area (Å²) in [4.78, 5) is 26.5. The molecule has 6 nitrogen and oxygen atoms in total. The standard InChI is InChI=1S/C26H25NO5/c1-19(28)31-23-17-27(26(29)30-18-20-11-5-2-6-12-20)24(21-13-7-3-8-14-21)25(32-23)22-15-9-4-10-16-22/h2-16,23-25H,17-18H2,1H3/t23-,24-,25?/m0/s1. The third-order valence-electron chi connectivity index (χ3n) is 5.27. The molecular formula is C26H25NO5. The largest absolute Gasteiger partial charge is 0.445 e. The van der Waals surface area contributed by atoms with Crippen molar-refractivity contribution in [2.75, 3.05) is 6.54 Å². The lowest BCUT2D eigenvalue weighted by Gasteiger charge is -2.43. The first kappa shape index (κ1) is 21.6. The number of amides is 1. The number of carbonyl (C=O) groups excluding carboxylic acids is 2. The summed E-state index contributed by atoms with van der Waals surface area (Å²) in [5.41, 5.74) is 2.67. The molecule has 3 aromatic carbocycles. The van der Waals surface area contributed by atoms with Crippen molar-refractivity contribution in [2.45, 2.75) is 32.0 Å². The van der Waals surface area contributed by atoms with Crippen molar-refractivity contribution in [3.05, 3.63) is 108 Å². The predicted molar refractivity (Wildman–Crippen MR) is 118 cm³/mol. The highest BCUT2D eigenvalue weighted by Gasteiger charge is 2.43. The van der Waals surface area contributed by atoms with Gasteiger partial charge in [-0.2, -0.15) is 0 Å². The number of benzene rings is 3. The zero-order valence-corrected chi connectivity index (χ0v) is 17.8. The van der Waals surface area contributed by atoms with Gasteiger partial charge in [-0.1, -0.05) is 91.0 Å². The SMILES string of the molecule is CC(=O)O[C@@H]1CN(C(=O)OCc2ccccc2)[C@@H](c2ccccc2)C(c2ccccc2)O1. The molecule has 4 rings (SSSR count). The Bertz CT molecular complexity index is 1030. The topological polar surface area (TPSA) is 65.1 Å². The van der Waals surface area contributed by atoms with Crippen molar-refractivity contribution in [3.8, 4) is 0 Å². The highest BCUT2D eigenvalue weighted by atomic mass is 16.7. The van der Waals surface area contributed by atoms with E-state index in [0.29, 0.717) is 0 Å². The van der Waals surface area contributed by atoms with Gasteiger partial charge in [-0.25, -0.2) is 4.79 Å². The minimum absolute atomic E-state index is 0.0656. The van der Waals surface area contributed by atoms with Crippen molar-refractivity contribution in [3.63, 3.8) is 0 Å². The number of esters is 1. The minimum Gasteiger partial charge on any atom is -0.445 e. The van der Waals surface area contributed by atoms with E-state index in [0.717, 1.165) is 16.7 Å². The van der Waals surface area contributed by atoms with Crippen molar-refractivity contribution in [1.29, 1.82) is 0 Å². The zero-order chi connectivity index (χ0) is 22.3. The fourth-order valence-electron chi connectivity index (χ4n) is 3.87. The molecule has 1 heterocycles. The van der Waals surface area contributed by atoms with E-state index >= 15 is 0 Å². The fourth-order valence-corrected chi connectivity index (χ4v) is 3.87. The summed E-state index contributed by atoms with van der Waals surface area (Å²) in [5, 5.41) is 0. The molecule has 0 aliphatic carbocycles. The van der Waals surface area contributed by atoms with E-state index in [4.69, 9.17) is 14.2 Å². The number of ether oxygens (including phenoxy) is 3. The van der Waals surface area contributed by atoms with Gasteiger partial charge in [-0.15, -0.1) is 0 Å². The molecule has 1 fully saturated rings. The first-order chi connectivity index (χ1) is 15.6. The van der Waals surface area contributed by atoms with Crippen LogP contribution < -0.4 is 0 Å². The Morgan fingerprint density at radius 1 is 0.875 bits per heavy atom. The van der Waals surface area contributed by atoms with E-state index in [9.17, 15) is 9.59 Å². The molecular weight excluding hydrogens is 406 g/mol. The van der Waals surface area contributed by atoms with Gasteiger partial charge in [0.15, 0.2) is 0 Å². The minimum atomic E-state index is -0.901. The maximum Gasteiger partial charge on any atom is 0.410 e. The van der Waals surface area contributed by atoms with Crippen molar-refractivity contribution < 1.29 is 23.8 Å². The van der Waals surface area contributed by atoms with Crippen LogP contribution in [0.3, 0.4) is 0 Å². The second kappa shape index (κ2) is 10.1. The Labute approximate surface area is 187 Å². The number of hydrogen-bond acceptors (Lipinski definition) is 5. The molecule has 32 heavy (non-hydrogen) atoms. The zero-order valence-electron chi connectivity index (χ0n) is 17.8. The summed E-state index contributed by atoms with van der Waals surface area (Å²) in [6.45, 7) is 1.53. The lowest BCUT2D eigenvalue weighted by molar-refractivity contribution is -0.223. The van der Waals surface area contributed by atoms with Crippen LogP contribution in [0.4, 0.5) is 4.79 Å². The maximum atomic E-state index is 13.3. The van der Waals surface area contributed by atoms with Gasteiger partial charge in [-0.3, -0.25) is 9.69 Å². The first-order valence-corrected chi connectivity index (χ1v) is 10.5. The second-order valence-electron chi connectivity index (χ2n) is 7.55. The quantitative estimate of drug-likeness (QED) is 0.531. The van der Waals surface area contributed by atoms with Crippen molar-refractivity contribution in [2.24, 2.45) is 0 Å². The third-order valence-corrected chi connectivity index (χ3v) is 5.27. The smallest absolute Gasteiger partial charge is 0.410 e. The summed E-state index contributed by atoms with van der Waals surface area (Å²) in [6.07, 6.45) is -1.94. The average Bonchev–Trinajstić information content (AvgIpc) is 2.83. The number of morpholine rings is 1. The van der Waals surface area contributed by atoms with Crippen LogP contribution in [0, 0.1) is 0 Å². The Hall–Kier alpha value is -3.64. The van der Waals surface area contributed by atoms with Gasteiger partial charge in [0, 0.05) is 6.92 Å². The average molecular weight is 431 g/mol. The monoisotopic (exact) mass is 431 g/mol. The molecule has 0 aromatic heterocycles. The van der Waals surface area contributed by atoms with Crippen LogP contribution in [-0.4, -0.2) is 29.8 Å². The molecule has 3 aromatic rings. The Morgan fingerprint density at radius 2 is 1.44 bits per heavy atom. The molecule has 3 atom stereocenters. The maximum absolute atomic E-state index is 13.3. The van der Waals surface area contributed by atoms with Crippen LogP contribution in [-0.2, 0) is 25.6 Å². The molecule has 1 amide bonds. The summed E-state index contributed by atoms with van der Waals surface area (Å²) in [7, 11) is 0. The normalized spacial score (nSPS) is 20.4. The summed E-state index contributed by atoms with van der Waals surface area (Å²) in [5.74, 6) is -0.474. The molecule has 1 aliphatic rings. The van der Waals surface area contributed by atoms with Crippen LogP contribution in [0.2, 0.25) is 0 Å². The molecule has 1 saturated heterocycles. The lowest BCUT2D eigenvalue weighted by atomic mass is 9.93. The van der Waals surface area contributed by atoms with E-state index in [1.165, 1.54) is 6.92 Å². The molecule has 0 spiro atoms. The number of hydrogen-bond donors (Lipinski definition) is 0. The second-order valence-corrected chi connectivity index (χ2v) is 7.55. The third kappa shape index (κ3) is 5.15. The van der Waals surface area contributed by atoms with Crippen LogP contribution in [0.25, 0.3) is 0 Å². The van der Waals surface area contributed by atoms with Gasteiger partial charge in [0.1, 0.15) is 12.7 Å². The van der Waals surface area contributed by atoms with E-state index < -0.39 is 30.5 Å². The predicted octanol–water partition coefficient (Wildman–Crippen LogP) is 5.03. The fraction of sp³-hybridized carbons (Fsp3) is 0.231. The molecule has 0 bridgehead atoms. The van der Waals surface area contributed by atoms with Gasteiger partial charge in [-0.05, 0) is 16.7 Å². The van der Waals surface area contributed by atoms with Gasteiger partial charge < -0.3 is 14.2 Å². The van der Waals surface area contributed by atoms with Crippen LogP contribution in [0.15, 0.2) is 91.0 Å². The van der Waals surface area contributed by atoms with Crippen LogP contribution in [0.1, 0.15) is 35.8 Å². The number of nitrogens with zero attached hydrogens (tertiary/aromatic N) is 1. The molecule has 0 radical (unpaired) electrons. The van der Waals surface area contributed by atoms with Crippen molar-refractivity contribution >= 4 is 12.1 Å². The molecule has 1 unspecified atom stereocenters. The summed E-state index contributed by atoms with van der Waals surface area (Å²) in [6, 6.07) is 28.3. The van der Waals surface area contributed by atoms with E-state index in [2.05, 4.69) is 0 Å². The summed E-state index contributed by atoms with van der Waals surface area (Å²) < 4.78 is 17.2. The van der Waals surface area contributed by atoms with E-state index in [1.807, 2.05) is 91.0 Å². The number of carbonyl (C=O) groups is 2. The summed E-state index contributed by atoms with van der Waals surface area (Å²) >= 11 is 0. The molecule has 0 N–H and O–H groups in total. The Balaban J connectivity index is 1.67. The molecule has 164 valence electrons. The molecule has 1 aliphatic heterocycles. The van der Waals surface area contributed by atoms with Crippen molar-refractivity contribution in [1.82, 2.24) is 4.90 Å².